The topological polar surface area (TPSA) is 35.5 Å². The van der Waals surface area contributed by atoms with Crippen molar-refractivity contribution < 1.29 is 14.3 Å². The highest BCUT2D eigenvalue weighted by molar-refractivity contribution is 5.98. The van der Waals surface area contributed by atoms with Gasteiger partial charge in [0.15, 0.2) is 5.78 Å². The van der Waals surface area contributed by atoms with E-state index in [1.165, 1.54) is 0 Å². The van der Waals surface area contributed by atoms with Crippen LogP contribution in [0.25, 0.3) is 0 Å². The molecule has 0 atom stereocenters. The van der Waals surface area contributed by atoms with Gasteiger partial charge < -0.3 is 9.47 Å². The van der Waals surface area contributed by atoms with Gasteiger partial charge in [-0.2, -0.15) is 0 Å². The summed E-state index contributed by atoms with van der Waals surface area (Å²) in [4.78, 5) is 11.9. The summed E-state index contributed by atoms with van der Waals surface area (Å²) in [6.07, 6.45) is 0.467. The Hall–Kier alpha value is -2.29. The maximum Gasteiger partial charge on any atom is 0.166 e. The quantitative estimate of drug-likeness (QED) is 0.747. The van der Waals surface area contributed by atoms with Crippen LogP contribution in [0.4, 0.5) is 0 Å². The Bertz CT molecular complexity index is 590. The Kier molecular flexibility index (Phi) is 4.77. The van der Waals surface area contributed by atoms with E-state index >= 15 is 0 Å². The molecule has 0 aliphatic rings. The number of hydrogen-bond acceptors (Lipinski definition) is 3. The Morgan fingerprint density at radius 3 is 2.35 bits per heavy atom. The third-order valence-electron chi connectivity index (χ3n) is 3.08. The Morgan fingerprint density at radius 1 is 1.00 bits per heavy atom. The summed E-state index contributed by atoms with van der Waals surface area (Å²) in [6.45, 7) is 2.22. The van der Waals surface area contributed by atoms with Gasteiger partial charge in [-0.05, 0) is 18.2 Å². The number of hydrogen-bond donors (Lipinski definition) is 0. The number of methoxy groups -OCH3 is 1. The molecule has 2 aromatic carbocycles. The van der Waals surface area contributed by atoms with E-state index in [0.717, 1.165) is 11.3 Å². The number of carbonyl (C=O) groups excluding carboxylic acids is 1. The molecule has 0 unspecified atom stereocenters. The molecule has 3 nitrogen and oxygen atoms in total. The van der Waals surface area contributed by atoms with Gasteiger partial charge in [0, 0.05) is 12.0 Å². The first kappa shape index (κ1) is 14.1. The molecular formula is C17H18O3. The van der Waals surface area contributed by atoms with E-state index in [4.69, 9.17) is 9.47 Å². The first-order valence-corrected chi connectivity index (χ1v) is 6.63. The van der Waals surface area contributed by atoms with E-state index in [1.54, 1.807) is 13.2 Å². The van der Waals surface area contributed by atoms with Gasteiger partial charge in [0.2, 0.25) is 0 Å². The maximum absolute atomic E-state index is 11.9. The summed E-state index contributed by atoms with van der Waals surface area (Å²) in [5, 5.41) is 0. The lowest BCUT2D eigenvalue weighted by Gasteiger charge is -2.12. The largest absolute Gasteiger partial charge is 0.496 e. The lowest BCUT2D eigenvalue weighted by atomic mass is 10.1. The lowest BCUT2D eigenvalue weighted by molar-refractivity contribution is 0.0983. The zero-order chi connectivity index (χ0) is 14.4. The summed E-state index contributed by atoms with van der Waals surface area (Å²) in [6, 6.07) is 15.0. The van der Waals surface area contributed by atoms with Crippen LogP contribution in [0.5, 0.6) is 11.5 Å². The van der Waals surface area contributed by atoms with Crippen LogP contribution in [0.3, 0.4) is 0 Å². The fourth-order valence-corrected chi connectivity index (χ4v) is 1.99. The monoisotopic (exact) mass is 270 g/mol. The van der Waals surface area contributed by atoms with Crippen molar-refractivity contribution >= 4 is 5.78 Å². The van der Waals surface area contributed by atoms with Crippen molar-refractivity contribution in [1.29, 1.82) is 0 Å². The van der Waals surface area contributed by atoms with Gasteiger partial charge in [-0.3, -0.25) is 4.79 Å². The van der Waals surface area contributed by atoms with E-state index in [0.29, 0.717) is 24.3 Å². The van der Waals surface area contributed by atoms with Crippen LogP contribution in [0.2, 0.25) is 0 Å². The maximum atomic E-state index is 11.9. The van der Waals surface area contributed by atoms with Crippen molar-refractivity contribution in [3.05, 3.63) is 59.7 Å². The molecule has 0 saturated carbocycles. The number of para-hydroxylation sites is 2. The standard InChI is InChI=1S/C17H18O3/c1-3-15(18)14-9-5-7-11-17(14)20-12-13-8-4-6-10-16(13)19-2/h4-11H,3,12H2,1-2H3. The van der Waals surface area contributed by atoms with Crippen molar-refractivity contribution in [2.75, 3.05) is 7.11 Å². The third-order valence-corrected chi connectivity index (χ3v) is 3.08. The molecule has 0 aliphatic carbocycles. The second kappa shape index (κ2) is 6.75. The average Bonchev–Trinajstić information content (AvgIpc) is 2.52. The van der Waals surface area contributed by atoms with Crippen LogP contribution in [0.15, 0.2) is 48.5 Å². The molecule has 104 valence electrons. The summed E-state index contributed by atoms with van der Waals surface area (Å²) in [5.74, 6) is 1.48. The number of ketones is 1. The first-order valence-electron chi connectivity index (χ1n) is 6.63. The lowest BCUT2D eigenvalue weighted by Crippen LogP contribution is -2.04. The Morgan fingerprint density at radius 2 is 1.65 bits per heavy atom. The fraction of sp³-hybridized carbons (Fsp3) is 0.235. The molecule has 0 amide bonds. The average molecular weight is 270 g/mol. The fourth-order valence-electron chi connectivity index (χ4n) is 1.99. The van der Waals surface area contributed by atoms with Crippen molar-refractivity contribution in [3.8, 4) is 11.5 Å². The molecular weight excluding hydrogens is 252 g/mol. The van der Waals surface area contributed by atoms with Gasteiger partial charge in [-0.1, -0.05) is 37.3 Å². The summed E-state index contributed by atoms with van der Waals surface area (Å²) in [5.41, 5.74) is 1.58. The minimum atomic E-state index is 0.0839. The minimum Gasteiger partial charge on any atom is -0.496 e. The predicted octanol–water partition coefficient (Wildman–Crippen LogP) is 3.87. The van der Waals surface area contributed by atoms with E-state index in [2.05, 4.69) is 0 Å². The van der Waals surface area contributed by atoms with Crippen molar-refractivity contribution in [2.45, 2.75) is 20.0 Å². The molecule has 0 bridgehead atoms. The molecule has 2 rings (SSSR count). The molecule has 0 fully saturated rings. The zero-order valence-electron chi connectivity index (χ0n) is 11.8. The third kappa shape index (κ3) is 3.18. The molecule has 3 heteroatoms. The number of Topliss-reactive ketones (excluding diaryl/α,β-unsaturated/α-hetero) is 1. The van der Waals surface area contributed by atoms with Gasteiger partial charge in [-0.25, -0.2) is 0 Å². The van der Waals surface area contributed by atoms with Crippen molar-refractivity contribution in [3.63, 3.8) is 0 Å². The molecule has 0 N–H and O–H groups in total. The Balaban J connectivity index is 2.17. The molecule has 0 aromatic heterocycles. The van der Waals surface area contributed by atoms with Gasteiger partial charge in [-0.15, -0.1) is 0 Å². The van der Waals surface area contributed by atoms with Gasteiger partial charge >= 0.3 is 0 Å². The zero-order valence-corrected chi connectivity index (χ0v) is 11.8. The van der Waals surface area contributed by atoms with Crippen LogP contribution >= 0.6 is 0 Å². The highest BCUT2D eigenvalue weighted by atomic mass is 16.5. The number of benzene rings is 2. The van der Waals surface area contributed by atoms with Crippen molar-refractivity contribution in [1.82, 2.24) is 0 Å². The second-order valence-corrected chi connectivity index (χ2v) is 4.37. The molecule has 0 heterocycles. The minimum absolute atomic E-state index is 0.0839. The molecule has 0 saturated heterocycles. The first-order chi connectivity index (χ1) is 9.76. The van der Waals surface area contributed by atoms with Crippen LogP contribution in [-0.2, 0) is 6.61 Å². The normalized spacial score (nSPS) is 10.1. The molecule has 2 aromatic rings. The molecule has 0 radical (unpaired) electrons. The van der Waals surface area contributed by atoms with Crippen LogP contribution in [0, 0.1) is 0 Å². The summed E-state index contributed by atoms with van der Waals surface area (Å²) in [7, 11) is 1.63. The van der Waals surface area contributed by atoms with E-state index in [-0.39, 0.29) is 5.78 Å². The number of carbonyl (C=O) groups is 1. The predicted molar refractivity (Wildman–Crippen MR) is 78.4 cm³/mol. The highest BCUT2D eigenvalue weighted by Crippen LogP contribution is 2.23. The van der Waals surface area contributed by atoms with E-state index in [9.17, 15) is 4.79 Å². The van der Waals surface area contributed by atoms with Crippen LogP contribution in [0.1, 0.15) is 29.3 Å². The van der Waals surface area contributed by atoms with Crippen LogP contribution in [-0.4, -0.2) is 12.9 Å². The van der Waals surface area contributed by atoms with E-state index < -0.39 is 0 Å². The number of ether oxygens (including phenoxy) is 2. The van der Waals surface area contributed by atoms with Gasteiger partial charge in [0.05, 0.1) is 12.7 Å². The van der Waals surface area contributed by atoms with Crippen molar-refractivity contribution in [2.24, 2.45) is 0 Å². The SMILES string of the molecule is CCC(=O)c1ccccc1OCc1ccccc1OC. The molecule has 0 aliphatic heterocycles. The summed E-state index contributed by atoms with van der Waals surface area (Å²) >= 11 is 0. The summed E-state index contributed by atoms with van der Waals surface area (Å²) < 4.78 is 11.1. The molecule has 20 heavy (non-hydrogen) atoms. The van der Waals surface area contributed by atoms with Gasteiger partial charge in [0.1, 0.15) is 18.1 Å². The highest BCUT2D eigenvalue weighted by Gasteiger charge is 2.11. The molecule has 0 spiro atoms. The van der Waals surface area contributed by atoms with Crippen LogP contribution < -0.4 is 9.47 Å². The number of rotatable bonds is 6. The smallest absolute Gasteiger partial charge is 0.166 e. The second-order valence-electron chi connectivity index (χ2n) is 4.37. The van der Waals surface area contributed by atoms with E-state index in [1.807, 2.05) is 49.4 Å². The Labute approximate surface area is 119 Å². The van der Waals surface area contributed by atoms with Gasteiger partial charge in [0.25, 0.3) is 0 Å².